The largest absolute Gasteiger partial charge is 0.507 e. The number of methoxy groups -OCH3 is 1. The number of esters is 1. The molecule has 2 heterocycles. The van der Waals surface area contributed by atoms with Gasteiger partial charge in [-0.1, -0.05) is 28.1 Å². The second kappa shape index (κ2) is 8.65. The Morgan fingerprint density at radius 2 is 1.56 bits per heavy atom. The average molecular weight is 553 g/mol. The molecular weight excluding hydrogens is 536 g/mol. The van der Waals surface area contributed by atoms with Gasteiger partial charge in [0, 0.05) is 27.2 Å². The molecular formula is C26H17BrO9. The molecule has 182 valence electrons. The van der Waals surface area contributed by atoms with Gasteiger partial charge in [0.25, 0.3) is 0 Å². The number of ether oxygens (including phenoxy) is 1. The van der Waals surface area contributed by atoms with Gasteiger partial charge < -0.3 is 34.0 Å². The summed E-state index contributed by atoms with van der Waals surface area (Å²) in [6.07, 6.45) is -0.241. The predicted octanol–water partition coefficient (Wildman–Crippen LogP) is 5.17. The summed E-state index contributed by atoms with van der Waals surface area (Å²) in [6.45, 7) is 0. The number of fused-ring (bicyclic) bond motifs is 3. The molecule has 5 aromatic rings. The highest BCUT2D eigenvalue weighted by atomic mass is 79.9. The van der Waals surface area contributed by atoms with Gasteiger partial charge in [0.05, 0.1) is 18.9 Å². The van der Waals surface area contributed by atoms with Gasteiger partial charge in [-0.3, -0.25) is 9.59 Å². The smallest absolute Gasteiger partial charge is 0.310 e. The Morgan fingerprint density at radius 3 is 2.22 bits per heavy atom. The van der Waals surface area contributed by atoms with Crippen molar-refractivity contribution in [3.8, 4) is 45.6 Å². The van der Waals surface area contributed by atoms with E-state index in [0.29, 0.717) is 16.9 Å². The molecule has 0 aliphatic rings. The lowest BCUT2D eigenvalue weighted by atomic mass is 10.0. The van der Waals surface area contributed by atoms with Crippen LogP contribution in [0.2, 0.25) is 0 Å². The third-order valence-electron chi connectivity index (χ3n) is 5.77. The van der Waals surface area contributed by atoms with Crippen molar-refractivity contribution in [1.29, 1.82) is 0 Å². The van der Waals surface area contributed by atoms with Crippen molar-refractivity contribution in [3.63, 3.8) is 0 Å². The number of furan rings is 1. The maximum absolute atomic E-state index is 13.1. The lowest BCUT2D eigenvalue weighted by Gasteiger charge is -2.09. The zero-order valence-electron chi connectivity index (χ0n) is 18.5. The van der Waals surface area contributed by atoms with Crippen LogP contribution in [-0.4, -0.2) is 33.5 Å². The molecule has 9 nitrogen and oxygen atoms in total. The van der Waals surface area contributed by atoms with Gasteiger partial charge in [-0.25, -0.2) is 0 Å². The number of hydrogen-bond donors (Lipinski definition) is 4. The molecule has 0 unspecified atom stereocenters. The van der Waals surface area contributed by atoms with Crippen LogP contribution in [-0.2, 0) is 16.0 Å². The van der Waals surface area contributed by atoms with Crippen LogP contribution in [0.25, 0.3) is 44.6 Å². The molecule has 0 saturated heterocycles. The molecule has 0 fully saturated rings. The summed E-state index contributed by atoms with van der Waals surface area (Å²) in [5, 5.41) is 40.7. The van der Waals surface area contributed by atoms with Crippen molar-refractivity contribution in [1.82, 2.24) is 0 Å². The number of aromatic hydroxyl groups is 4. The van der Waals surface area contributed by atoms with Gasteiger partial charge in [0.2, 0.25) is 11.2 Å². The maximum Gasteiger partial charge on any atom is 0.310 e. The van der Waals surface area contributed by atoms with E-state index in [1.54, 1.807) is 24.3 Å². The first-order valence-corrected chi connectivity index (χ1v) is 11.3. The van der Waals surface area contributed by atoms with Gasteiger partial charge in [0.15, 0.2) is 22.8 Å². The third kappa shape index (κ3) is 3.72. The molecule has 4 N–H and O–H groups in total. The Kier molecular flexibility index (Phi) is 5.60. The first-order valence-electron chi connectivity index (χ1n) is 10.5. The Morgan fingerprint density at radius 1 is 0.861 bits per heavy atom. The number of phenolic OH excluding ortho intramolecular Hbond substituents is 3. The number of rotatable bonds is 4. The van der Waals surface area contributed by atoms with E-state index in [1.165, 1.54) is 25.3 Å². The summed E-state index contributed by atoms with van der Waals surface area (Å²) >= 11 is 3.37. The van der Waals surface area contributed by atoms with Crippen LogP contribution in [0.4, 0.5) is 0 Å². The zero-order chi connectivity index (χ0) is 25.7. The van der Waals surface area contributed by atoms with E-state index < -0.39 is 34.4 Å². The molecule has 5 rings (SSSR count). The molecule has 0 radical (unpaired) electrons. The van der Waals surface area contributed by atoms with E-state index in [1.807, 2.05) is 0 Å². The van der Waals surface area contributed by atoms with E-state index in [4.69, 9.17) is 13.6 Å². The number of carbonyl (C=O) groups excluding carboxylic acids is 1. The van der Waals surface area contributed by atoms with E-state index in [9.17, 15) is 30.0 Å². The van der Waals surface area contributed by atoms with Crippen LogP contribution in [0.5, 0.6) is 23.0 Å². The van der Waals surface area contributed by atoms with E-state index in [0.717, 1.165) is 10.5 Å². The quantitative estimate of drug-likeness (QED) is 0.175. The van der Waals surface area contributed by atoms with Crippen LogP contribution < -0.4 is 5.43 Å². The monoisotopic (exact) mass is 552 g/mol. The van der Waals surface area contributed by atoms with Crippen molar-refractivity contribution < 1.29 is 38.8 Å². The summed E-state index contributed by atoms with van der Waals surface area (Å²) in [5.74, 6) is -2.81. The molecule has 36 heavy (non-hydrogen) atoms. The van der Waals surface area contributed by atoms with E-state index in [-0.39, 0.29) is 39.7 Å². The minimum atomic E-state index is -0.936. The van der Waals surface area contributed by atoms with E-state index >= 15 is 0 Å². The highest BCUT2D eigenvalue weighted by Gasteiger charge is 2.27. The number of carbonyl (C=O) groups is 1. The molecule has 0 bridgehead atoms. The summed E-state index contributed by atoms with van der Waals surface area (Å²) in [4.78, 5) is 25.5. The summed E-state index contributed by atoms with van der Waals surface area (Å²) in [7, 11) is 1.24. The molecule has 0 aliphatic carbocycles. The third-order valence-corrected chi connectivity index (χ3v) is 6.30. The number of benzene rings is 3. The molecule has 10 heteroatoms. The summed E-state index contributed by atoms with van der Waals surface area (Å²) in [6, 6.07) is 11.9. The number of hydrogen-bond acceptors (Lipinski definition) is 9. The van der Waals surface area contributed by atoms with Crippen LogP contribution in [0, 0.1) is 0 Å². The highest BCUT2D eigenvalue weighted by Crippen LogP contribution is 2.43. The predicted molar refractivity (Wildman–Crippen MR) is 133 cm³/mol. The Balaban J connectivity index is 1.91. The Hall–Kier alpha value is -4.44. The summed E-state index contributed by atoms with van der Waals surface area (Å²) in [5.41, 5.74) is 0.105. The van der Waals surface area contributed by atoms with Crippen LogP contribution in [0.15, 0.2) is 66.6 Å². The number of phenols is 3. The molecule has 0 aliphatic heterocycles. The lowest BCUT2D eigenvalue weighted by Crippen LogP contribution is -2.06. The Bertz CT molecular complexity index is 1730. The van der Waals surface area contributed by atoms with Crippen molar-refractivity contribution >= 4 is 43.8 Å². The van der Waals surface area contributed by atoms with Crippen LogP contribution in [0.1, 0.15) is 5.56 Å². The lowest BCUT2D eigenvalue weighted by molar-refractivity contribution is -0.139. The highest BCUT2D eigenvalue weighted by molar-refractivity contribution is 9.10. The second-order valence-electron chi connectivity index (χ2n) is 7.95. The van der Waals surface area contributed by atoms with Crippen molar-refractivity contribution in [2.24, 2.45) is 0 Å². The normalized spacial score (nSPS) is 11.3. The minimum absolute atomic E-state index is 0.0874. The number of halogens is 1. The van der Waals surface area contributed by atoms with Crippen molar-refractivity contribution in [3.05, 3.63) is 68.8 Å². The average Bonchev–Trinajstić information content (AvgIpc) is 3.20. The molecule has 0 spiro atoms. The fourth-order valence-electron chi connectivity index (χ4n) is 4.05. The fourth-order valence-corrected chi connectivity index (χ4v) is 4.31. The molecule has 0 amide bonds. The summed E-state index contributed by atoms with van der Waals surface area (Å²) < 4.78 is 17.7. The van der Waals surface area contributed by atoms with E-state index in [2.05, 4.69) is 15.9 Å². The van der Waals surface area contributed by atoms with Gasteiger partial charge in [-0.2, -0.15) is 0 Å². The van der Waals surface area contributed by atoms with Crippen molar-refractivity contribution in [2.75, 3.05) is 7.11 Å². The Labute approximate surface area is 210 Å². The second-order valence-corrected chi connectivity index (χ2v) is 8.87. The standard InChI is InChI=1S/C26H17BrO9/c1-34-19(31)9-14-20-18(35-24(14)11-2-5-13(27)6-3-11)10-17(30)21-22(32)23(33)25(36-26(20)21)12-4-7-15(28)16(29)8-12/h2-8,10,28-30,33H,9H2,1H3. The van der Waals surface area contributed by atoms with Crippen LogP contribution >= 0.6 is 15.9 Å². The fraction of sp³-hybridized carbons (Fsp3) is 0.0769. The zero-order valence-corrected chi connectivity index (χ0v) is 20.1. The van der Waals surface area contributed by atoms with Gasteiger partial charge in [-0.15, -0.1) is 0 Å². The van der Waals surface area contributed by atoms with Gasteiger partial charge >= 0.3 is 5.97 Å². The first kappa shape index (κ1) is 23.3. The topological polar surface area (TPSA) is 151 Å². The molecule has 3 aromatic carbocycles. The molecule has 2 aromatic heterocycles. The molecule has 0 atom stereocenters. The maximum atomic E-state index is 13.1. The first-order chi connectivity index (χ1) is 17.2. The minimum Gasteiger partial charge on any atom is -0.507 e. The van der Waals surface area contributed by atoms with Gasteiger partial charge in [0.1, 0.15) is 22.5 Å². The van der Waals surface area contributed by atoms with Crippen molar-refractivity contribution in [2.45, 2.75) is 6.42 Å². The van der Waals surface area contributed by atoms with Gasteiger partial charge in [-0.05, 0) is 30.3 Å². The molecule has 0 saturated carbocycles. The SMILES string of the molecule is COC(=O)Cc1c(-c2ccc(Br)cc2)oc2cc(O)c3c(=O)c(O)c(-c4ccc(O)c(O)c4)oc3c12. The van der Waals surface area contributed by atoms with Crippen LogP contribution in [0.3, 0.4) is 0 Å².